The lowest BCUT2D eigenvalue weighted by Gasteiger charge is -2.08. The van der Waals surface area contributed by atoms with Crippen LogP contribution in [-0.4, -0.2) is 11.2 Å². The van der Waals surface area contributed by atoms with E-state index in [0.717, 1.165) is 17.2 Å². The predicted molar refractivity (Wildman–Crippen MR) is 94.9 cm³/mol. The summed E-state index contributed by atoms with van der Waals surface area (Å²) >= 11 is 1.35. The fourth-order valence-electron chi connectivity index (χ4n) is 2.02. The number of hydrogen-bond donors (Lipinski definition) is 2. The molecule has 0 saturated carbocycles. The predicted octanol–water partition coefficient (Wildman–Crippen LogP) is 4.03. The summed E-state index contributed by atoms with van der Waals surface area (Å²) in [5.41, 5.74) is 9.92. The number of nitrogens with one attached hydrogen (secondary N) is 1. The van der Waals surface area contributed by atoms with Gasteiger partial charge in [-0.3, -0.25) is 5.43 Å². The van der Waals surface area contributed by atoms with Crippen LogP contribution < -0.4 is 15.9 Å². The molecule has 0 amide bonds. The molecular formula is C17H14F2N4OS. The van der Waals surface area contributed by atoms with Gasteiger partial charge in [0.2, 0.25) is 10.9 Å². The van der Waals surface area contributed by atoms with Gasteiger partial charge in [0.05, 0.1) is 6.21 Å². The van der Waals surface area contributed by atoms with E-state index in [9.17, 15) is 8.78 Å². The van der Waals surface area contributed by atoms with Crippen molar-refractivity contribution in [3.05, 3.63) is 70.6 Å². The van der Waals surface area contributed by atoms with E-state index in [2.05, 4.69) is 15.5 Å². The maximum absolute atomic E-state index is 13.6. The summed E-state index contributed by atoms with van der Waals surface area (Å²) in [5.74, 6) is -1.62. The molecule has 3 rings (SSSR count). The number of nitrogen functional groups attached to an aromatic ring is 1. The lowest BCUT2D eigenvalue weighted by molar-refractivity contribution is 0.284. The Labute approximate surface area is 146 Å². The van der Waals surface area contributed by atoms with Crippen molar-refractivity contribution in [2.45, 2.75) is 6.61 Å². The fraction of sp³-hybridized carbons (Fsp3) is 0.0588. The second kappa shape index (κ2) is 7.71. The molecule has 0 saturated heterocycles. The molecule has 8 heteroatoms. The SMILES string of the molecule is Nc1csc(NN=Cc2cccc(COc3cccc(F)c3F)c2)n1. The van der Waals surface area contributed by atoms with Gasteiger partial charge >= 0.3 is 0 Å². The molecule has 0 bridgehead atoms. The Hall–Kier alpha value is -3.00. The number of ether oxygens (including phenoxy) is 1. The first-order chi connectivity index (χ1) is 12.1. The number of nitrogens with two attached hydrogens (primary N) is 1. The minimum absolute atomic E-state index is 0.110. The Morgan fingerprint density at radius 1 is 1.24 bits per heavy atom. The quantitative estimate of drug-likeness (QED) is 0.514. The first-order valence-corrected chi connectivity index (χ1v) is 8.15. The molecule has 3 N–H and O–H groups in total. The molecule has 0 spiro atoms. The van der Waals surface area contributed by atoms with E-state index in [1.54, 1.807) is 11.6 Å². The third kappa shape index (κ3) is 4.51. The third-order valence-electron chi connectivity index (χ3n) is 3.16. The molecule has 1 aromatic heterocycles. The lowest BCUT2D eigenvalue weighted by Crippen LogP contribution is -1.99. The zero-order valence-electron chi connectivity index (χ0n) is 12.9. The van der Waals surface area contributed by atoms with Crippen molar-refractivity contribution in [2.24, 2.45) is 5.10 Å². The molecular weight excluding hydrogens is 346 g/mol. The summed E-state index contributed by atoms with van der Waals surface area (Å²) < 4.78 is 32.1. The van der Waals surface area contributed by atoms with Gasteiger partial charge in [0.15, 0.2) is 11.6 Å². The van der Waals surface area contributed by atoms with Crippen LogP contribution in [0, 0.1) is 11.6 Å². The molecule has 128 valence electrons. The summed E-state index contributed by atoms with van der Waals surface area (Å²) in [4.78, 5) is 4.02. The molecule has 5 nitrogen and oxygen atoms in total. The minimum atomic E-state index is -0.993. The standard InChI is InChI=1S/C17H14F2N4OS/c18-13-5-2-6-14(16(13)19)24-9-12-4-1-3-11(7-12)8-21-23-17-22-15(20)10-25-17/h1-8,10H,9,20H2,(H,22,23). The van der Waals surface area contributed by atoms with Crippen molar-refractivity contribution in [1.29, 1.82) is 0 Å². The average Bonchev–Trinajstić information content (AvgIpc) is 3.02. The number of benzene rings is 2. The van der Waals surface area contributed by atoms with Crippen molar-refractivity contribution < 1.29 is 13.5 Å². The summed E-state index contributed by atoms with van der Waals surface area (Å²) in [6, 6.07) is 11.2. The van der Waals surface area contributed by atoms with Crippen LogP contribution in [0.5, 0.6) is 5.75 Å². The molecule has 0 atom stereocenters. The molecule has 0 aliphatic heterocycles. The normalized spacial score (nSPS) is 11.0. The number of rotatable bonds is 6. The smallest absolute Gasteiger partial charge is 0.205 e. The van der Waals surface area contributed by atoms with E-state index >= 15 is 0 Å². The van der Waals surface area contributed by atoms with Crippen molar-refractivity contribution in [2.75, 3.05) is 11.2 Å². The Bertz CT molecular complexity index is 898. The van der Waals surface area contributed by atoms with Crippen LogP contribution in [0.15, 0.2) is 52.9 Å². The monoisotopic (exact) mass is 360 g/mol. The number of anilines is 2. The van der Waals surface area contributed by atoms with Gasteiger partial charge < -0.3 is 10.5 Å². The molecule has 1 heterocycles. The van der Waals surface area contributed by atoms with Gasteiger partial charge in [0.1, 0.15) is 12.4 Å². The third-order valence-corrected chi connectivity index (χ3v) is 3.92. The summed E-state index contributed by atoms with van der Waals surface area (Å²) in [5, 5.41) is 6.38. The second-order valence-corrected chi connectivity index (χ2v) is 5.89. The first-order valence-electron chi connectivity index (χ1n) is 7.27. The van der Waals surface area contributed by atoms with Crippen LogP contribution in [0.3, 0.4) is 0 Å². The largest absolute Gasteiger partial charge is 0.486 e. The van der Waals surface area contributed by atoms with E-state index in [0.29, 0.717) is 10.9 Å². The van der Waals surface area contributed by atoms with Crippen LogP contribution in [0.1, 0.15) is 11.1 Å². The highest BCUT2D eigenvalue weighted by Crippen LogP contribution is 2.20. The Morgan fingerprint density at radius 3 is 2.88 bits per heavy atom. The molecule has 0 aliphatic rings. The van der Waals surface area contributed by atoms with Gasteiger partial charge in [-0.25, -0.2) is 9.37 Å². The van der Waals surface area contributed by atoms with Crippen LogP contribution in [0.2, 0.25) is 0 Å². The number of hydrogen-bond acceptors (Lipinski definition) is 6. The Kier molecular flexibility index (Phi) is 5.20. The van der Waals surface area contributed by atoms with Crippen molar-refractivity contribution >= 4 is 28.5 Å². The van der Waals surface area contributed by atoms with Crippen molar-refractivity contribution in [1.82, 2.24) is 4.98 Å². The molecule has 0 unspecified atom stereocenters. The highest BCUT2D eigenvalue weighted by atomic mass is 32.1. The number of nitrogens with zero attached hydrogens (tertiary/aromatic N) is 2. The Morgan fingerprint density at radius 2 is 2.08 bits per heavy atom. The number of aromatic nitrogens is 1. The maximum atomic E-state index is 13.6. The molecule has 0 radical (unpaired) electrons. The van der Waals surface area contributed by atoms with Gasteiger partial charge in [-0.15, -0.1) is 11.3 Å². The molecule has 3 aromatic rings. The first kappa shape index (κ1) is 16.8. The van der Waals surface area contributed by atoms with Crippen molar-refractivity contribution in [3.63, 3.8) is 0 Å². The van der Waals surface area contributed by atoms with Crippen molar-refractivity contribution in [3.8, 4) is 5.75 Å². The van der Waals surface area contributed by atoms with E-state index < -0.39 is 11.6 Å². The van der Waals surface area contributed by atoms with Gasteiger partial charge in [-0.05, 0) is 29.3 Å². The van der Waals surface area contributed by atoms with Gasteiger partial charge in [0, 0.05) is 5.38 Å². The fourth-order valence-corrected chi connectivity index (χ4v) is 2.57. The average molecular weight is 360 g/mol. The Balaban J connectivity index is 1.62. The number of halogens is 2. The van der Waals surface area contributed by atoms with E-state index in [1.807, 2.05) is 24.3 Å². The molecule has 2 aromatic carbocycles. The van der Waals surface area contributed by atoms with Gasteiger partial charge in [-0.2, -0.15) is 9.49 Å². The summed E-state index contributed by atoms with van der Waals surface area (Å²) in [6.45, 7) is 0.110. The maximum Gasteiger partial charge on any atom is 0.205 e. The highest BCUT2D eigenvalue weighted by Gasteiger charge is 2.08. The zero-order chi connectivity index (χ0) is 17.6. The minimum Gasteiger partial charge on any atom is -0.486 e. The van der Waals surface area contributed by atoms with E-state index in [-0.39, 0.29) is 12.4 Å². The molecule has 0 aliphatic carbocycles. The summed E-state index contributed by atoms with van der Waals surface area (Å²) in [7, 11) is 0. The highest BCUT2D eigenvalue weighted by molar-refractivity contribution is 7.14. The van der Waals surface area contributed by atoms with Crippen LogP contribution in [-0.2, 0) is 6.61 Å². The van der Waals surface area contributed by atoms with E-state index in [1.165, 1.54) is 23.5 Å². The van der Waals surface area contributed by atoms with Gasteiger partial charge in [-0.1, -0.05) is 24.3 Å². The number of thiazole rings is 1. The van der Waals surface area contributed by atoms with E-state index in [4.69, 9.17) is 10.5 Å². The summed E-state index contributed by atoms with van der Waals surface area (Å²) in [6.07, 6.45) is 1.61. The van der Waals surface area contributed by atoms with Gasteiger partial charge in [0.25, 0.3) is 0 Å². The van der Waals surface area contributed by atoms with Crippen LogP contribution >= 0.6 is 11.3 Å². The van der Waals surface area contributed by atoms with Crippen LogP contribution in [0.25, 0.3) is 0 Å². The topological polar surface area (TPSA) is 72.5 Å². The number of hydrazone groups is 1. The second-order valence-electron chi connectivity index (χ2n) is 5.03. The molecule has 25 heavy (non-hydrogen) atoms. The molecule has 0 fully saturated rings. The van der Waals surface area contributed by atoms with Crippen LogP contribution in [0.4, 0.5) is 19.7 Å². The lowest BCUT2D eigenvalue weighted by atomic mass is 10.1. The zero-order valence-corrected chi connectivity index (χ0v) is 13.8.